The first-order valence-electron chi connectivity index (χ1n) is 10.7. The summed E-state index contributed by atoms with van der Waals surface area (Å²) in [6.45, 7) is 4.38. The number of methoxy groups -OCH3 is 1. The van der Waals surface area contributed by atoms with Gasteiger partial charge in [0, 0.05) is 36.1 Å². The van der Waals surface area contributed by atoms with Crippen LogP contribution < -0.4 is 19.7 Å². The number of piperidine rings is 1. The summed E-state index contributed by atoms with van der Waals surface area (Å²) in [4.78, 5) is 15.1. The van der Waals surface area contributed by atoms with Gasteiger partial charge in [-0.05, 0) is 74.1 Å². The molecule has 7 nitrogen and oxygen atoms in total. The number of ether oxygens (including phenoxy) is 1. The Morgan fingerprint density at radius 3 is 2.32 bits per heavy atom. The number of rotatable bonds is 7. The Bertz CT molecular complexity index is 1040. The number of nitrogens with one attached hydrogen (secondary N) is 2. The number of carbonyl (C=O) groups excluding carboxylic acids is 1. The molecule has 1 saturated heterocycles. The molecule has 0 aromatic heterocycles. The van der Waals surface area contributed by atoms with Crippen molar-refractivity contribution in [2.24, 2.45) is 5.92 Å². The lowest BCUT2D eigenvalue weighted by molar-refractivity contribution is 0.102. The van der Waals surface area contributed by atoms with Crippen LogP contribution in [-0.2, 0) is 10.0 Å². The van der Waals surface area contributed by atoms with E-state index in [1.54, 1.807) is 6.07 Å². The van der Waals surface area contributed by atoms with Crippen molar-refractivity contribution < 1.29 is 17.9 Å². The Kier molecular flexibility index (Phi) is 6.20. The summed E-state index contributed by atoms with van der Waals surface area (Å²) < 4.78 is 33.2. The first-order chi connectivity index (χ1) is 14.9. The van der Waals surface area contributed by atoms with Crippen LogP contribution in [0.25, 0.3) is 0 Å². The molecule has 2 aromatic carbocycles. The SMILES string of the molecule is COc1ccc(C(=O)Nc2ccc(N3CCC(C)CC3)cc2)cc1S(=O)(=O)NC1CC1. The topological polar surface area (TPSA) is 87.7 Å². The fraction of sp³-hybridized carbons (Fsp3) is 0.435. The molecule has 4 rings (SSSR count). The summed E-state index contributed by atoms with van der Waals surface area (Å²) in [6.07, 6.45) is 4.04. The third-order valence-corrected chi connectivity index (χ3v) is 7.43. The van der Waals surface area contributed by atoms with Crippen molar-refractivity contribution in [1.29, 1.82) is 0 Å². The van der Waals surface area contributed by atoms with Gasteiger partial charge >= 0.3 is 0 Å². The van der Waals surface area contributed by atoms with Gasteiger partial charge < -0.3 is 15.0 Å². The molecular formula is C23H29N3O4S. The zero-order valence-electron chi connectivity index (χ0n) is 17.9. The largest absolute Gasteiger partial charge is 0.495 e. The van der Waals surface area contributed by atoms with Crippen molar-refractivity contribution in [3.63, 3.8) is 0 Å². The maximum atomic E-state index is 12.8. The molecule has 1 aliphatic carbocycles. The highest BCUT2D eigenvalue weighted by atomic mass is 32.2. The molecule has 2 aromatic rings. The summed E-state index contributed by atoms with van der Waals surface area (Å²) >= 11 is 0. The van der Waals surface area contributed by atoms with Gasteiger partial charge in [0.2, 0.25) is 10.0 Å². The Labute approximate surface area is 183 Å². The average Bonchev–Trinajstić information content (AvgIpc) is 3.57. The van der Waals surface area contributed by atoms with E-state index in [4.69, 9.17) is 4.74 Å². The lowest BCUT2D eigenvalue weighted by Crippen LogP contribution is -2.32. The molecule has 1 amide bonds. The molecule has 0 spiro atoms. The highest BCUT2D eigenvalue weighted by molar-refractivity contribution is 7.89. The van der Waals surface area contributed by atoms with Crippen molar-refractivity contribution in [1.82, 2.24) is 4.72 Å². The fourth-order valence-corrected chi connectivity index (χ4v) is 5.24. The number of nitrogens with zero attached hydrogens (tertiary/aromatic N) is 1. The molecule has 2 fully saturated rings. The Balaban J connectivity index is 1.47. The van der Waals surface area contributed by atoms with Crippen molar-refractivity contribution >= 4 is 27.3 Å². The third-order valence-electron chi connectivity index (χ3n) is 5.89. The number of carbonyl (C=O) groups is 1. The van der Waals surface area contributed by atoms with Crippen molar-refractivity contribution in [2.45, 2.75) is 43.5 Å². The number of sulfonamides is 1. The van der Waals surface area contributed by atoms with Gasteiger partial charge in [0.15, 0.2) is 0 Å². The van der Waals surface area contributed by atoms with Gasteiger partial charge in [0.25, 0.3) is 5.91 Å². The summed E-state index contributed by atoms with van der Waals surface area (Å²) in [7, 11) is -2.34. The molecular weight excluding hydrogens is 414 g/mol. The van der Waals surface area contributed by atoms with Gasteiger partial charge in [-0.1, -0.05) is 6.92 Å². The summed E-state index contributed by atoms with van der Waals surface area (Å²) in [6, 6.07) is 12.2. The number of hydrogen-bond donors (Lipinski definition) is 2. The lowest BCUT2D eigenvalue weighted by atomic mass is 9.99. The van der Waals surface area contributed by atoms with E-state index in [9.17, 15) is 13.2 Å². The molecule has 1 saturated carbocycles. The van der Waals surface area contributed by atoms with Crippen LogP contribution in [0.2, 0.25) is 0 Å². The summed E-state index contributed by atoms with van der Waals surface area (Å²) in [5, 5.41) is 2.85. The smallest absolute Gasteiger partial charge is 0.255 e. The molecule has 0 atom stereocenters. The third kappa shape index (κ3) is 5.19. The highest BCUT2D eigenvalue weighted by Gasteiger charge is 2.30. The minimum Gasteiger partial charge on any atom is -0.495 e. The number of anilines is 2. The van der Waals surface area contributed by atoms with E-state index in [-0.39, 0.29) is 28.2 Å². The zero-order chi connectivity index (χ0) is 22.0. The quantitative estimate of drug-likeness (QED) is 0.682. The molecule has 0 unspecified atom stereocenters. The van der Waals surface area contributed by atoms with Crippen LogP contribution in [0.4, 0.5) is 11.4 Å². The zero-order valence-corrected chi connectivity index (χ0v) is 18.7. The molecule has 2 N–H and O–H groups in total. The minimum atomic E-state index is -3.75. The lowest BCUT2D eigenvalue weighted by Gasteiger charge is -2.32. The Hall–Kier alpha value is -2.58. The average molecular weight is 444 g/mol. The number of amides is 1. The molecule has 166 valence electrons. The second-order valence-corrected chi connectivity index (χ2v) is 10.1. The second-order valence-electron chi connectivity index (χ2n) is 8.43. The fourth-order valence-electron chi connectivity index (χ4n) is 3.74. The van der Waals surface area contributed by atoms with Crippen molar-refractivity contribution in [3.05, 3.63) is 48.0 Å². The van der Waals surface area contributed by atoms with E-state index in [0.717, 1.165) is 37.5 Å². The van der Waals surface area contributed by atoms with Crippen LogP contribution in [0, 0.1) is 5.92 Å². The van der Waals surface area contributed by atoms with E-state index in [1.807, 2.05) is 24.3 Å². The monoisotopic (exact) mass is 443 g/mol. The van der Waals surface area contributed by atoms with Crippen LogP contribution >= 0.6 is 0 Å². The van der Waals surface area contributed by atoms with Gasteiger partial charge in [0.1, 0.15) is 10.6 Å². The minimum absolute atomic E-state index is 0.0239. The highest BCUT2D eigenvalue weighted by Crippen LogP contribution is 2.29. The van der Waals surface area contributed by atoms with Gasteiger partial charge in [-0.2, -0.15) is 0 Å². The van der Waals surface area contributed by atoms with Gasteiger partial charge in [-0.15, -0.1) is 0 Å². The van der Waals surface area contributed by atoms with E-state index < -0.39 is 10.0 Å². The van der Waals surface area contributed by atoms with Crippen LogP contribution in [0.1, 0.15) is 43.0 Å². The van der Waals surface area contributed by atoms with E-state index in [2.05, 4.69) is 21.9 Å². The predicted octanol–water partition coefficient (Wildman–Crippen LogP) is 3.62. The molecule has 2 aliphatic rings. The summed E-state index contributed by atoms with van der Waals surface area (Å²) in [5.74, 6) is 0.613. The van der Waals surface area contributed by atoms with E-state index in [0.29, 0.717) is 5.69 Å². The van der Waals surface area contributed by atoms with Crippen LogP contribution in [-0.4, -0.2) is 40.6 Å². The maximum absolute atomic E-state index is 12.8. The van der Waals surface area contributed by atoms with Crippen LogP contribution in [0.5, 0.6) is 5.75 Å². The molecule has 1 heterocycles. The Morgan fingerprint density at radius 1 is 1.03 bits per heavy atom. The Morgan fingerprint density at radius 2 is 1.71 bits per heavy atom. The predicted molar refractivity (Wildman–Crippen MR) is 121 cm³/mol. The molecule has 31 heavy (non-hydrogen) atoms. The van der Waals surface area contributed by atoms with Crippen molar-refractivity contribution in [3.8, 4) is 5.75 Å². The molecule has 0 radical (unpaired) electrons. The normalized spacial score (nSPS) is 17.4. The molecule has 1 aliphatic heterocycles. The van der Waals surface area contributed by atoms with Crippen LogP contribution in [0.3, 0.4) is 0 Å². The van der Waals surface area contributed by atoms with Crippen molar-refractivity contribution in [2.75, 3.05) is 30.4 Å². The van der Waals surface area contributed by atoms with Gasteiger partial charge in [0.05, 0.1) is 7.11 Å². The first-order valence-corrected chi connectivity index (χ1v) is 12.2. The molecule has 0 bridgehead atoms. The van der Waals surface area contributed by atoms with E-state index >= 15 is 0 Å². The van der Waals surface area contributed by atoms with Crippen LogP contribution in [0.15, 0.2) is 47.4 Å². The van der Waals surface area contributed by atoms with E-state index in [1.165, 1.54) is 32.1 Å². The van der Waals surface area contributed by atoms with Gasteiger partial charge in [-0.3, -0.25) is 4.79 Å². The number of hydrogen-bond acceptors (Lipinski definition) is 5. The first kappa shape index (κ1) is 21.6. The molecule has 8 heteroatoms. The maximum Gasteiger partial charge on any atom is 0.255 e. The second kappa shape index (κ2) is 8.88. The standard InChI is InChI=1S/C23H29N3O4S/c1-16-11-13-26(14-12-16)20-8-6-18(7-9-20)24-23(27)17-3-10-21(30-2)22(15-17)31(28,29)25-19-4-5-19/h3,6-10,15-16,19,25H,4-5,11-14H2,1-2H3,(H,24,27). The summed E-state index contributed by atoms with van der Waals surface area (Å²) in [5.41, 5.74) is 2.07. The number of benzene rings is 2. The van der Waals surface area contributed by atoms with Gasteiger partial charge in [-0.25, -0.2) is 13.1 Å².